The summed E-state index contributed by atoms with van der Waals surface area (Å²) in [5.74, 6) is 0.901. The average Bonchev–Trinajstić information content (AvgIpc) is 3.92. The van der Waals surface area contributed by atoms with Crippen LogP contribution in [0.1, 0.15) is 11.0 Å². The van der Waals surface area contributed by atoms with Crippen LogP contribution in [0.25, 0.3) is 116 Å². The summed E-state index contributed by atoms with van der Waals surface area (Å²) in [6, 6.07) is 43.5. The fraction of sp³-hybridized carbons (Fsp3) is 0. The highest BCUT2D eigenvalue weighted by molar-refractivity contribution is 6.11. The van der Waals surface area contributed by atoms with Crippen molar-refractivity contribution in [2.45, 2.75) is 0 Å². The molecule has 12 aromatic rings. The van der Waals surface area contributed by atoms with Crippen LogP contribution in [0.2, 0.25) is 0 Å². The smallest absolute Gasteiger partial charge is 0.166 e. The van der Waals surface area contributed by atoms with E-state index in [-0.39, 0.29) is 27.6 Å². The molecule has 5 heteroatoms. The molecular formula is C53H32N4O. The standard InChI is InChI=1S/C53H32N4O/c1-2-14-35(15-3-1)51-54-52(37-29-30-43-42-19-8-11-24-48(42)58-49(43)32-37)56-53(55-51)50-39(36-28-27-34-26-25-33-13-4-5-16-38(33)44(34)31-36)20-12-23-47(50)57-45-21-9-6-17-40(45)41-18-7-10-22-46(41)57/h1-32H/i6D,7D,9D,10D,17D,18D,21D,22D. The second-order valence-electron chi connectivity index (χ2n) is 14.2. The van der Waals surface area contributed by atoms with Crippen LogP contribution >= 0.6 is 0 Å². The Kier molecular flexibility index (Phi) is 5.60. The third-order valence-corrected chi connectivity index (χ3v) is 10.9. The van der Waals surface area contributed by atoms with E-state index in [0.717, 1.165) is 43.5 Å². The van der Waals surface area contributed by atoms with Gasteiger partial charge in [-0.2, -0.15) is 0 Å². The highest BCUT2D eigenvalue weighted by Crippen LogP contribution is 2.42. The summed E-state index contributed by atoms with van der Waals surface area (Å²) in [5, 5.41) is 6.00. The largest absolute Gasteiger partial charge is 0.456 e. The van der Waals surface area contributed by atoms with Crippen molar-refractivity contribution < 1.29 is 15.4 Å². The molecule has 0 fully saturated rings. The first kappa shape index (κ1) is 25.3. The van der Waals surface area contributed by atoms with Gasteiger partial charge in [-0.15, -0.1) is 0 Å². The number of hydrogen-bond donors (Lipinski definition) is 0. The zero-order chi connectivity index (χ0) is 45.1. The van der Waals surface area contributed by atoms with Gasteiger partial charge < -0.3 is 8.98 Å². The van der Waals surface area contributed by atoms with Crippen molar-refractivity contribution in [3.8, 4) is 51.0 Å². The minimum absolute atomic E-state index is 0.0150. The van der Waals surface area contributed by atoms with Gasteiger partial charge in [-0.25, -0.2) is 15.0 Å². The first-order valence-electron chi connectivity index (χ1n) is 22.9. The molecule has 0 radical (unpaired) electrons. The number of hydrogen-bond acceptors (Lipinski definition) is 4. The zero-order valence-electron chi connectivity index (χ0n) is 38.6. The fourth-order valence-corrected chi connectivity index (χ4v) is 8.23. The lowest BCUT2D eigenvalue weighted by molar-refractivity contribution is 0.669. The Labute approximate surface area is 344 Å². The van der Waals surface area contributed by atoms with E-state index in [1.165, 1.54) is 4.57 Å². The number of benzene rings is 9. The number of nitrogens with zero attached hydrogens (tertiary/aromatic N) is 4. The van der Waals surface area contributed by atoms with Crippen molar-refractivity contribution in [3.63, 3.8) is 0 Å². The lowest BCUT2D eigenvalue weighted by Gasteiger charge is -2.19. The maximum Gasteiger partial charge on any atom is 0.166 e. The van der Waals surface area contributed by atoms with Crippen LogP contribution in [-0.2, 0) is 0 Å². The van der Waals surface area contributed by atoms with Gasteiger partial charge in [0.05, 0.1) is 33.3 Å². The van der Waals surface area contributed by atoms with Gasteiger partial charge in [-0.05, 0) is 75.1 Å². The van der Waals surface area contributed by atoms with Gasteiger partial charge in [0.25, 0.3) is 0 Å². The van der Waals surface area contributed by atoms with Gasteiger partial charge in [0.15, 0.2) is 17.5 Å². The zero-order valence-corrected chi connectivity index (χ0v) is 30.6. The first-order valence-corrected chi connectivity index (χ1v) is 18.9. The van der Waals surface area contributed by atoms with Crippen molar-refractivity contribution in [1.82, 2.24) is 19.5 Å². The molecule has 270 valence electrons. The molecule has 3 heterocycles. The van der Waals surface area contributed by atoms with E-state index in [4.69, 9.17) is 27.6 Å². The summed E-state index contributed by atoms with van der Waals surface area (Å²) in [5.41, 5.74) is 4.92. The predicted octanol–water partition coefficient (Wildman–Crippen LogP) is 13.8. The van der Waals surface area contributed by atoms with Crippen LogP contribution in [0.5, 0.6) is 0 Å². The molecule has 0 spiro atoms. The molecule has 0 bridgehead atoms. The summed E-state index contributed by atoms with van der Waals surface area (Å²) < 4.78 is 80.0. The summed E-state index contributed by atoms with van der Waals surface area (Å²) >= 11 is 0. The van der Waals surface area contributed by atoms with Gasteiger partial charge in [-0.1, -0.05) is 152 Å². The van der Waals surface area contributed by atoms with Gasteiger partial charge in [0.1, 0.15) is 11.2 Å². The summed E-state index contributed by atoms with van der Waals surface area (Å²) in [6.07, 6.45) is 0. The molecule has 0 atom stereocenters. The van der Waals surface area contributed by atoms with Gasteiger partial charge in [0.2, 0.25) is 0 Å². The Bertz CT molecular complexity index is 3980. The molecule has 58 heavy (non-hydrogen) atoms. The van der Waals surface area contributed by atoms with Crippen LogP contribution in [-0.4, -0.2) is 19.5 Å². The van der Waals surface area contributed by atoms with E-state index in [0.29, 0.717) is 45.2 Å². The van der Waals surface area contributed by atoms with Crippen molar-refractivity contribution >= 4 is 65.3 Å². The number of aromatic nitrogens is 4. The molecule has 3 aromatic heterocycles. The fourth-order valence-electron chi connectivity index (χ4n) is 8.23. The van der Waals surface area contributed by atoms with E-state index in [1.54, 1.807) is 6.07 Å². The summed E-state index contributed by atoms with van der Waals surface area (Å²) in [7, 11) is 0. The highest BCUT2D eigenvalue weighted by atomic mass is 16.3. The van der Waals surface area contributed by atoms with E-state index < -0.39 is 48.3 Å². The number of fused-ring (bicyclic) bond motifs is 9. The summed E-state index contributed by atoms with van der Waals surface area (Å²) in [4.78, 5) is 15.5. The van der Waals surface area contributed by atoms with Crippen molar-refractivity contribution in [2.24, 2.45) is 0 Å². The molecule has 12 rings (SSSR count). The second kappa shape index (κ2) is 12.8. The predicted molar refractivity (Wildman–Crippen MR) is 238 cm³/mol. The molecule has 0 N–H and O–H groups in total. The molecule has 0 aliphatic carbocycles. The molecule has 9 aromatic carbocycles. The van der Waals surface area contributed by atoms with E-state index >= 15 is 0 Å². The molecule has 5 nitrogen and oxygen atoms in total. The van der Waals surface area contributed by atoms with Gasteiger partial charge in [-0.3, -0.25) is 0 Å². The molecule has 0 saturated carbocycles. The molecule has 0 aliphatic heterocycles. The van der Waals surface area contributed by atoms with Crippen molar-refractivity contribution in [2.75, 3.05) is 0 Å². The quantitative estimate of drug-likeness (QED) is 0.164. The number of rotatable bonds is 5. The molecule has 0 saturated heterocycles. The average molecular weight is 749 g/mol. The van der Waals surface area contributed by atoms with Gasteiger partial charge in [0, 0.05) is 32.7 Å². The molecular weight excluding hydrogens is 709 g/mol. The number of para-hydroxylation sites is 3. The topological polar surface area (TPSA) is 56.7 Å². The second-order valence-corrected chi connectivity index (χ2v) is 14.2. The molecule has 0 amide bonds. The Balaban J connectivity index is 1.24. The molecule has 0 unspecified atom stereocenters. The van der Waals surface area contributed by atoms with E-state index in [1.807, 2.05) is 103 Å². The Morgan fingerprint density at radius 3 is 1.84 bits per heavy atom. The highest BCUT2D eigenvalue weighted by Gasteiger charge is 2.23. The maximum absolute atomic E-state index is 9.38. The van der Waals surface area contributed by atoms with Crippen LogP contribution < -0.4 is 0 Å². The Hall–Kier alpha value is -7.89. The van der Waals surface area contributed by atoms with Crippen LogP contribution in [0.3, 0.4) is 0 Å². The monoisotopic (exact) mass is 748 g/mol. The third kappa shape index (κ3) is 5.07. The Morgan fingerprint density at radius 2 is 1.03 bits per heavy atom. The normalized spacial score (nSPS) is 13.7. The first-order chi connectivity index (χ1) is 32.1. The lowest BCUT2D eigenvalue weighted by atomic mass is 9.93. The Morgan fingerprint density at radius 1 is 0.414 bits per heavy atom. The minimum atomic E-state index is -0.521. The lowest BCUT2D eigenvalue weighted by Crippen LogP contribution is -2.05. The SMILES string of the molecule is [2H]c1c([2H])c([2H])c2c(c1[2H])c1c([2H])c([2H])c([2H])c([2H])c1n2-c1cccc(-c2ccc3ccc4ccccc4c3c2)c1-c1nc(-c2ccccc2)nc(-c2ccc3c(c2)oc2ccccc23)n1. The van der Waals surface area contributed by atoms with Crippen LogP contribution in [0, 0.1) is 0 Å². The van der Waals surface area contributed by atoms with E-state index in [9.17, 15) is 2.74 Å². The third-order valence-electron chi connectivity index (χ3n) is 10.9. The number of furan rings is 1. The van der Waals surface area contributed by atoms with Crippen LogP contribution in [0.4, 0.5) is 0 Å². The summed E-state index contributed by atoms with van der Waals surface area (Å²) in [6.45, 7) is 0. The van der Waals surface area contributed by atoms with E-state index in [2.05, 4.69) is 36.4 Å². The van der Waals surface area contributed by atoms with Crippen molar-refractivity contribution in [1.29, 1.82) is 0 Å². The van der Waals surface area contributed by atoms with Gasteiger partial charge >= 0.3 is 0 Å². The van der Waals surface area contributed by atoms with Crippen LogP contribution in [0.15, 0.2) is 198 Å². The minimum Gasteiger partial charge on any atom is -0.456 e. The maximum atomic E-state index is 9.38. The van der Waals surface area contributed by atoms with Crippen molar-refractivity contribution in [3.05, 3.63) is 194 Å². The molecule has 0 aliphatic rings.